The molecule has 0 radical (unpaired) electrons. The minimum atomic E-state index is -3.58. The highest BCUT2D eigenvalue weighted by atomic mass is 32.2. The van der Waals surface area contributed by atoms with E-state index in [2.05, 4.69) is 27.2 Å². The van der Waals surface area contributed by atoms with Crippen LogP contribution in [0.25, 0.3) is 0 Å². The zero-order valence-electron chi connectivity index (χ0n) is 33.9. The molecule has 1 saturated heterocycles. The maximum atomic E-state index is 15.1. The van der Waals surface area contributed by atoms with Crippen LogP contribution in [0.5, 0.6) is 0 Å². The number of carbonyl (C=O) groups excluding carboxylic acids is 5. The van der Waals surface area contributed by atoms with Crippen LogP contribution < -0.4 is 21.3 Å². The third kappa shape index (κ3) is 10.4. The number of carbonyl (C=O) groups is 5. The van der Waals surface area contributed by atoms with E-state index >= 15 is 4.79 Å². The molecule has 13 heteroatoms. The molecule has 1 aliphatic heterocycles. The lowest BCUT2D eigenvalue weighted by Crippen LogP contribution is -2.67. The van der Waals surface area contributed by atoms with Crippen molar-refractivity contribution in [3.8, 4) is 12.3 Å². The minimum absolute atomic E-state index is 0.000579. The van der Waals surface area contributed by atoms with E-state index in [9.17, 15) is 27.6 Å². The Morgan fingerprint density at radius 1 is 0.889 bits per heavy atom. The molecule has 4 fully saturated rings. The van der Waals surface area contributed by atoms with E-state index in [0.29, 0.717) is 32.1 Å². The van der Waals surface area contributed by atoms with Crippen molar-refractivity contribution in [1.82, 2.24) is 26.2 Å². The molecule has 5 amide bonds. The average Bonchev–Trinajstić information content (AvgIpc) is 3.07. The number of nitrogens with zero attached hydrogens (tertiary/aromatic N) is 1. The van der Waals surface area contributed by atoms with E-state index < -0.39 is 67.3 Å². The summed E-state index contributed by atoms with van der Waals surface area (Å²) in [5.74, 6) is -0.126. The van der Waals surface area contributed by atoms with E-state index in [1.165, 1.54) is 0 Å². The second-order valence-electron chi connectivity index (χ2n) is 18.8. The smallest absolute Gasteiger partial charge is 0.315 e. The predicted octanol–water partition coefficient (Wildman–Crippen LogP) is 4.94. The van der Waals surface area contributed by atoms with Crippen LogP contribution in [0.1, 0.15) is 151 Å². The molecule has 12 nitrogen and oxygen atoms in total. The van der Waals surface area contributed by atoms with Crippen molar-refractivity contribution in [1.29, 1.82) is 0 Å². The summed E-state index contributed by atoms with van der Waals surface area (Å²) >= 11 is 0. The molecule has 0 spiro atoms. The average molecular weight is 774 g/mol. The van der Waals surface area contributed by atoms with Crippen molar-refractivity contribution in [3.63, 3.8) is 0 Å². The lowest BCUT2D eigenvalue weighted by molar-refractivity contribution is -0.152. The van der Waals surface area contributed by atoms with Crippen molar-refractivity contribution in [2.45, 2.75) is 186 Å². The molecule has 304 valence electrons. The Kier molecular flexibility index (Phi) is 14.0. The number of amides is 5. The van der Waals surface area contributed by atoms with Gasteiger partial charge >= 0.3 is 6.03 Å². The van der Waals surface area contributed by atoms with Crippen molar-refractivity contribution >= 4 is 39.4 Å². The third-order valence-corrected chi connectivity index (χ3v) is 16.0. The highest BCUT2D eigenvalue weighted by Gasteiger charge is 2.50. The maximum absolute atomic E-state index is 15.1. The van der Waals surface area contributed by atoms with E-state index in [4.69, 9.17) is 6.42 Å². The quantitative estimate of drug-likeness (QED) is 0.152. The van der Waals surface area contributed by atoms with E-state index in [1.807, 2.05) is 27.7 Å². The second-order valence-corrected chi connectivity index (χ2v) is 21.6. The first-order chi connectivity index (χ1) is 25.1. The fourth-order valence-electron chi connectivity index (χ4n) is 8.56. The van der Waals surface area contributed by atoms with Crippen molar-refractivity contribution in [2.24, 2.45) is 16.7 Å². The Labute approximate surface area is 324 Å². The highest BCUT2D eigenvalue weighted by molar-refractivity contribution is 7.92. The molecule has 4 rings (SSSR count). The number of nitrogens with one attached hydrogen (secondary N) is 4. The number of Topliss-reactive ketones (excluding diaryl/α,β-unsaturated/α-hetero) is 1. The molecule has 3 aliphatic carbocycles. The van der Waals surface area contributed by atoms with Crippen LogP contribution in [0.2, 0.25) is 0 Å². The molecular weight excluding hydrogens is 707 g/mol. The molecule has 4 N–H and O–H groups in total. The molecule has 54 heavy (non-hydrogen) atoms. The molecule has 0 aromatic carbocycles. The van der Waals surface area contributed by atoms with Crippen molar-refractivity contribution in [3.05, 3.63) is 0 Å². The van der Waals surface area contributed by atoms with Gasteiger partial charge in [0, 0.05) is 19.0 Å². The first-order valence-electron chi connectivity index (χ1n) is 20.3. The topological polar surface area (TPSA) is 171 Å². The fraction of sp³-hybridized carbons (Fsp3) is 0.829. The lowest BCUT2D eigenvalue weighted by Gasteiger charge is -2.50. The number of hydrogen-bond acceptors (Lipinski definition) is 7. The summed E-state index contributed by atoms with van der Waals surface area (Å²) in [7, 11) is -3.58. The van der Waals surface area contributed by atoms with E-state index in [-0.39, 0.29) is 48.4 Å². The van der Waals surface area contributed by atoms with Gasteiger partial charge in [0.2, 0.25) is 17.6 Å². The van der Waals surface area contributed by atoms with Crippen LogP contribution >= 0.6 is 0 Å². The summed E-state index contributed by atoms with van der Waals surface area (Å²) in [4.78, 5) is 71.4. The molecule has 0 aromatic heterocycles. The van der Waals surface area contributed by atoms with Gasteiger partial charge in [0.15, 0.2) is 9.84 Å². The fourth-order valence-corrected chi connectivity index (χ4v) is 10.1. The summed E-state index contributed by atoms with van der Waals surface area (Å²) in [6, 6.07) is -3.76. The van der Waals surface area contributed by atoms with Crippen molar-refractivity contribution < 1.29 is 32.4 Å². The summed E-state index contributed by atoms with van der Waals surface area (Å²) in [6.07, 6.45) is 16.4. The summed E-state index contributed by atoms with van der Waals surface area (Å²) in [6.45, 7) is 13.4. The lowest BCUT2D eigenvalue weighted by atomic mass is 9.68. The minimum Gasteiger partial charge on any atom is -0.347 e. The number of piperidine rings is 1. The van der Waals surface area contributed by atoms with Gasteiger partial charge in [-0.25, -0.2) is 13.2 Å². The summed E-state index contributed by atoms with van der Waals surface area (Å²) in [5.41, 5.74) is -1.93. The van der Waals surface area contributed by atoms with Crippen LogP contribution in [-0.4, -0.2) is 89.6 Å². The number of rotatable bonds is 13. The number of terminal acetylenes is 1. The SMILES string of the molecule is C#CCCC(NC(=O)[C@@H]1CC(C)(C)C(C)CN1C(=O)[C@@H](NC(=O)NC1(CS(=O)(=O)C(C)(C)C)CCCCC1)C1(C)CCCCC1)C(=O)C(=O)NC1CCC1. The number of hydrogen-bond donors (Lipinski definition) is 4. The summed E-state index contributed by atoms with van der Waals surface area (Å²) < 4.78 is 26.0. The van der Waals surface area contributed by atoms with Gasteiger partial charge in [-0.15, -0.1) is 12.3 Å². The highest BCUT2D eigenvalue weighted by Crippen LogP contribution is 2.43. The van der Waals surface area contributed by atoms with Gasteiger partial charge in [-0.3, -0.25) is 19.2 Å². The number of likely N-dealkylation sites (tertiary alicyclic amines) is 1. The monoisotopic (exact) mass is 773 g/mol. The van der Waals surface area contributed by atoms with Crippen LogP contribution in [-0.2, 0) is 29.0 Å². The van der Waals surface area contributed by atoms with Gasteiger partial charge < -0.3 is 26.2 Å². The van der Waals surface area contributed by atoms with Gasteiger partial charge in [0.25, 0.3) is 5.91 Å². The normalized spacial score (nSPS) is 25.1. The zero-order valence-corrected chi connectivity index (χ0v) is 34.7. The molecule has 3 saturated carbocycles. The van der Waals surface area contributed by atoms with Crippen LogP contribution in [0.15, 0.2) is 0 Å². The molecule has 4 aliphatic rings. The molecule has 0 bridgehead atoms. The predicted molar refractivity (Wildman–Crippen MR) is 210 cm³/mol. The Morgan fingerprint density at radius 2 is 1.48 bits per heavy atom. The molecule has 2 unspecified atom stereocenters. The Hall–Kier alpha value is -3.14. The molecule has 4 atom stereocenters. The standard InChI is InChI=1S/C41H67N5O7S/c1-9-10-20-30(32(47)35(49)42-29-18-17-19-29)43-34(48)31-25-39(6,7)28(2)26-46(31)36(50)33(40(8)21-13-11-14-22-40)44-37(51)45-41(23-15-12-16-24-41)27-54(52,53)38(3,4)5/h1,28-31,33H,10-27H2,2-8H3,(H,42,49)(H,43,48)(H2,44,45,51)/t28?,30?,31-,33+/m0/s1. The zero-order chi connectivity index (χ0) is 40.1. The van der Waals surface area contributed by atoms with Gasteiger partial charge in [-0.2, -0.15) is 0 Å². The molecular formula is C41H67N5O7S. The van der Waals surface area contributed by atoms with Crippen LogP contribution in [0, 0.1) is 29.1 Å². The maximum Gasteiger partial charge on any atom is 0.315 e. The summed E-state index contributed by atoms with van der Waals surface area (Å²) in [5, 5.41) is 11.7. The van der Waals surface area contributed by atoms with Gasteiger partial charge in [-0.05, 0) is 95.3 Å². The first-order valence-corrected chi connectivity index (χ1v) is 22.0. The van der Waals surface area contributed by atoms with Crippen LogP contribution in [0.4, 0.5) is 4.79 Å². The van der Waals surface area contributed by atoms with Gasteiger partial charge in [-0.1, -0.05) is 66.2 Å². The first kappa shape index (κ1) is 43.6. The number of sulfone groups is 1. The Morgan fingerprint density at radius 3 is 2.02 bits per heavy atom. The second kappa shape index (κ2) is 17.3. The molecule has 1 heterocycles. The third-order valence-electron chi connectivity index (χ3n) is 13.2. The van der Waals surface area contributed by atoms with Crippen molar-refractivity contribution in [2.75, 3.05) is 12.3 Å². The number of ketones is 1. The largest absolute Gasteiger partial charge is 0.347 e. The van der Waals surface area contributed by atoms with Gasteiger partial charge in [0.1, 0.15) is 12.1 Å². The van der Waals surface area contributed by atoms with E-state index in [1.54, 1.807) is 25.7 Å². The Balaban J connectivity index is 1.63. The number of urea groups is 1. The van der Waals surface area contributed by atoms with Gasteiger partial charge in [0.05, 0.1) is 22.1 Å². The Bertz CT molecular complexity index is 1550. The molecule has 0 aromatic rings. The van der Waals surface area contributed by atoms with E-state index in [0.717, 1.165) is 57.8 Å². The van der Waals surface area contributed by atoms with Crippen LogP contribution in [0.3, 0.4) is 0 Å².